The van der Waals surface area contributed by atoms with Crippen molar-refractivity contribution in [2.75, 3.05) is 19.6 Å². The normalized spacial score (nSPS) is 26.8. The third kappa shape index (κ3) is 2.95. The van der Waals surface area contributed by atoms with E-state index in [4.69, 9.17) is 0 Å². The van der Waals surface area contributed by atoms with Crippen LogP contribution in [-0.2, 0) is 11.2 Å². The van der Waals surface area contributed by atoms with E-state index >= 15 is 0 Å². The van der Waals surface area contributed by atoms with Gasteiger partial charge >= 0.3 is 0 Å². The van der Waals surface area contributed by atoms with Crippen LogP contribution < -0.4 is 5.32 Å². The number of nitrogens with zero attached hydrogens (tertiary/aromatic N) is 2. The largest absolute Gasteiger partial charge is 0.340 e. The number of rotatable bonds is 2. The smallest absolute Gasteiger partial charge is 0.227 e. The van der Waals surface area contributed by atoms with Crippen molar-refractivity contribution in [2.45, 2.75) is 31.7 Å². The minimum atomic E-state index is 0.239. The quantitative estimate of drug-likeness (QED) is 0.868. The van der Waals surface area contributed by atoms with Crippen molar-refractivity contribution in [3.05, 3.63) is 30.1 Å². The second kappa shape index (κ2) is 5.70. The molecule has 2 aliphatic rings. The lowest BCUT2D eigenvalue weighted by Gasteiger charge is -2.17. The molecule has 19 heavy (non-hydrogen) atoms. The molecule has 4 nitrogen and oxygen atoms in total. The van der Waals surface area contributed by atoms with E-state index in [-0.39, 0.29) is 5.91 Å². The molecule has 1 aromatic heterocycles. The molecule has 2 fully saturated rings. The molecule has 0 spiro atoms. The molecule has 4 heteroatoms. The van der Waals surface area contributed by atoms with E-state index in [0.29, 0.717) is 18.4 Å². The van der Waals surface area contributed by atoms with Gasteiger partial charge in [-0.2, -0.15) is 0 Å². The first-order valence-electron chi connectivity index (χ1n) is 7.23. The van der Waals surface area contributed by atoms with Crippen LogP contribution in [0.3, 0.4) is 0 Å². The first-order valence-corrected chi connectivity index (χ1v) is 7.23. The number of nitrogens with one attached hydrogen (secondary N) is 1. The van der Waals surface area contributed by atoms with Crippen LogP contribution >= 0.6 is 0 Å². The van der Waals surface area contributed by atoms with Gasteiger partial charge in [-0.25, -0.2) is 0 Å². The Morgan fingerprint density at radius 2 is 2.37 bits per heavy atom. The highest BCUT2D eigenvalue weighted by Gasteiger charge is 2.35. The van der Waals surface area contributed by atoms with Crippen LogP contribution in [0.5, 0.6) is 0 Å². The lowest BCUT2D eigenvalue weighted by atomic mass is 9.99. The summed E-state index contributed by atoms with van der Waals surface area (Å²) in [5, 5.41) is 3.59. The number of fused-ring (bicyclic) bond motifs is 1. The molecule has 1 amide bonds. The number of carbonyl (C=O) groups is 1. The Hall–Kier alpha value is -1.42. The van der Waals surface area contributed by atoms with Gasteiger partial charge in [-0.3, -0.25) is 9.78 Å². The minimum Gasteiger partial charge on any atom is -0.340 e. The van der Waals surface area contributed by atoms with Crippen molar-refractivity contribution in [1.82, 2.24) is 15.2 Å². The fourth-order valence-electron chi connectivity index (χ4n) is 3.21. The molecule has 1 N–H and O–H groups in total. The average molecular weight is 259 g/mol. The highest BCUT2D eigenvalue weighted by molar-refractivity contribution is 5.79. The third-order valence-corrected chi connectivity index (χ3v) is 4.28. The van der Waals surface area contributed by atoms with Gasteiger partial charge in [0.25, 0.3) is 0 Å². The van der Waals surface area contributed by atoms with Crippen LogP contribution in [0.2, 0.25) is 0 Å². The lowest BCUT2D eigenvalue weighted by molar-refractivity contribution is -0.129. The summed E-state index contributed by atoms with van der Waals surface area (Å²) in [5.41, 5.74) is 1.01. The molecule has 3 rings (SSSR count). The van der Waals surface area contributed by atoms with Crippen molar-refractivity contribution in [3.8, 4) is 0 Å². The van der Waals surface area contributed by atoms with Crippen LogP contribution in [0.4, 0.5) is 0 Å². The van der Waals surface area contributed by atoms with Crippen LogP contribution in [-0.4, -0.2) is 41.5 Å². The summed E-state index contributed by atoms with van der Waals surface area (Å²) in [5.74, 6) is 0.892. The van der Waals surface area contributed by atoms with Gasteiger partial charge in [-0.05, 0) is 36.9 Å². The molecule has 0 radical (unpaired) electrons. The number of likely N-dealkylation sites (tertiary alicyclic amines) is 1. The van der Waals surface area contributed by atoms with Crippen molar-refractivity contribution >= 4 is 5.91 Å². The number of pyridine rings is 1. The van der Waals surface area contributed by atoms with Gasteiger partial charge in [-0.1, -0.05) is 12.5 Å². The molecule has 1 aromatic rings. The van der Waals surface area contributed by atoms with E-state index in [9.17, 15) is 4.79 Å². The zero-order valence-corrected chi connectivity index (χ0v) is 11.2. The van der Waals surface area contributed by atoms with E-state index in [1.165, 1.54) is 19.3 Å². The predicted octanol–water partition coefficient (Wildman–Crippen LogP) is 1.22. The fourth-order valence-corrected chi connectivity index (χ4v) is 3.21. The maximum Gasteiger partial charge on any atom is 0.227 e. The molecule has 2 aliphatic heterocycles. The Bertz CT molecular complexity index is 420. The highest BCUT2D eigenvalue weighted by Crippen LogP contribution is 2.25. The van der Waals surface area contributed by atoms with Gasteiger partial charge < -0.3 is 10.2 Å². The van der Waals surface area contributed by atoms with Crippen molar-refractivity contribution in [1.29, 1.82) is 0 Å². The molecule has 3 heterocycles. The molecule has 0 unspecified atom stereocenters. The SMILES string of the molecule is O=C(Cc1cccnc1)N1C[C@@H]2CCCCN[C@@H]2C1. The van der Waals surface area contributed by atoms with E-state index in [1.807, 2.05) is 17.0 Å². The molecule has 0 saturated carbocycles. The van der Waals surface area contributed by atoms with Gasteiger partial charge in [0.05, 0.1) is 6.42 Å². The van der Waals surface area contributed by atoms with Gasteiger partial charge in [0.15, 0.2) is 0 Å². The number of amides is 1. The Morgan fingerprint density at radius 3 is 3.21 bits per heavy atom. The second-order valence-corrected chi connectivity index (χ2v) is 5.65. The Morgan fingerprint density at radius 1 is 1.42 bits per heavy atom. The molecule has 2 saturated heterocycles. The summed E-state index contributed by atoms with van der Waals surface area (Å²) in [7, 11) is 0. The Balaban J connectivity index is 1.60. The molecule has 0 aliphatic carbocycles. The predicted molar refractivity (Wildman–Crippen MR) is 73.7 cm³/mol. The average Bonchev–Trinajstić information content (AvgIpc) is 2.72. The van der Waals surface area contributed by atoms with Gasteiger partial charge in [0, 0.05) is 31.5 Å². The monoisotopic (exact) mass is 259 g/mol. The van der Waals surface area contributed by atoms with E-state index in [0.717, 1.165) is 25.2 Å². The van der Waals surface area contributed by atoms with Gasteiger partial charge in [0.2, 0.25) is 5.91 Å². The number of hydrogen-bond acceptors (Lipinski definition) is 3. The third-order valence-electron chi connectivity index (χ3n) is 4.28. The summed E-state index contributed by atoms with van der Waals surface area (Å²) in [4.78, 5) is 18.4. The minimum absolute atomic E-state index is 0.239. The topological polar surface area (TPSA) is 45.2 Å². The summed E-state index contributed by atoms with van der Waals surface area (Å²) in [6.45, 7) is 2.91. The summed E-state index contributed by atoms with van der Waals surface area (Å²) >= 11 is 0. The molecular weight excluding hydrogens is 238 g/mol. The molecular formula is C15H21N3O. The van der Waals surface area contributed by atoms with Gasteiger partial charge in [-0.15, -0.1) is 0 Å². The van der Waals surface area contributed by atoms with Crippen molar-refractivity contribution < 1.29 is 4.79 Å². The van der Waals surface area contributed by atoms with Crippen LogP contribution in [0.25, 0.3) is 0 Å². The Kier molecular flexibility index (Phi) is 3.78. The number of hydrogen-bond donors (Lipinski definition) is 1. The summed E-state index contributed by atoms with van der Waals surface area (Å²) in [6.07, 6.45) is 7.83. The first kappa shape index (κ1) is 12.6. The summed E-state index contributed by atoms with van der Waals surface area (Å²) < 4.78 is 0. The zero-order chi connectivity index (χ0) is 13.1. The van der Waals surface area contributed by atoms with Crippen LogP contribution in [0.1, 0.15) is 24.8 Å². The molecule has 2 atom stereocenters. The lowest BCUT2D eigenvalue weighted by Crippen LogP contribution is -2.36. The Labute approximate surface area is 114 Å². The van der Waals surface area contributed by atoms with Crippen molar-refractivity contribution in [3.63, 3.8) is 0 Å². The van der Waals surface area contributed by atoms with E-state index in [1.54, 1.807) is 12.4 Å². The number of aromatic nitrogens is 1. The standard InChI is InChI=1S/C15H21N3O/c19-15(8-12-4-3-6-16-9-12)18-10-13-5-1-2-7-17-14(13)11-18/h3-4,6,9,13-14,17H,1-2,5,7-8,10-11H2/t13-,14+/m0/s1. The zero-order valence-electron chi connectivity index (χ0n) is 11.2. The van der Waals surface area contributed by atoms with E-state index < -0.39 is 0 Å². The summed E-state index contributed by atoms with van der Waals surface area (Å²) in [6, 6.07) is 4.37. The molecule has 102 valence electrons. The second-order valence-electron chi connectivity index (χ2n) is 5.65. The maximum atomic E-state index is 12.3. The van der Waals surface area contributed by atoms with Crippen LogP contribution in [0, 0.1) is 5.92 Å². The maximum absolute atomic E-state index is 12.3. The van der Waals surface area contributed by atoms with Crippen LogP contribution in [0.15, 0.2) is 24.5 Å². The fraction of sp³-hybridized carbons (Fsp3) is 0.600. The van der Waals surface area contributed by atoms with Crippen molar-refractivity contribution in [2.24, 2.45) is 5.92 Å². The van der Waals surface area contributed by atoms with E-state index in [2.05, 4.69) is 10.3 Å². The molecule has 0 bridgehead atoms. The highest BCUT2D eigenvalue weighted by atomic mass is 16.2. The van der Waals surface area contributed by atoms with Gasteiger partial charge in [0.1, 0.15) is 0 Å². The first-order chi connectivity index (χ1) is 9.33. The number of carbonyl (C=O) groups excluding carboxylic acids is 1. The molecule has 0 aromatic carbocycles.